The van der Waals surface area contributed by atoms with Crippen LogP contribution in [0.4, 0.5) is 4.79 Å². The Morgan fingerprint density at radius 3 is 1.96 bits per heavy atom. The summed E-state index contributed by atoms with van der Waals surface area (Å²) in [6, 6.07) is 0. The third-order valence-corrected chi connectivity index (χ3v) is 3.54. The van der Waals surface area contributed by atoms with Gasteiger partial charge in [-0.05, 0) is 11.2 Å². The fraction of sp³-hybridized carbons (Fsp3) is 0.867. The fourth-order valence-corrected chi connectivity index (χ4v) is 1.63. The van der Waals surface area contributed by atoms with Crippen molar-refractivity contribution in [1.29, 1.82) is 0 Å². The van der Waals surface area contributed by atoms with Crippen LogP contribution in [0.5, 0.6) is 0 Å². The SMILES string of the molecule is CCCCCCCC(=O)OC(C)(CC)[N+](C)(O)O.COC(=O)[O-]. The number of hydrogen-bond donors (Lipinski definition) is 2. The highest BCUT2D eigenvalue weighted by Crippen LogP contribution is 2.24. The summed E-state index contributed by atoms with van der Waals surface area (Å²) in [6.45, 7) is 5.40. The number of ether oxygens (including phenoxy) is 2. The molecule has 2 N–H and O–H groups in total. The molecule has 23 heavy (non-hydrogen) atoms. The van der Waals surface area contributed by atoms with E-state index in [1.807, 2.05) is 0 Å². The molecule has 8 heteroatoms. The molecule has 1 unspecified atom stereocenters. The Morgan fingerprint density at radius 2 is 1.61 bits per heavy atom. The zero-order chi connectivity index (χ0) is 18.5. The lowest BCUT2D eigenvalue weighted by Gasteiger charge is -2.34. The number of hydrogen-bond acceptors (Lipinski definition) is 7. The number of unbranched alkanes of at least 4 members (excludes halogenated alkanes) is 4. The third kappa shape index (κ3) is 11.8. The predicted molar refractivity (Wildman–Crippen MR) is 80.3 cm³/mol. The summed E-state index contributed by atoms with van der Waals surface area (Å²) >= 11 is 0. The van der Waals surface area contributed by atoms with Gasteiger partial charge in [-0.1, -0.05) is 39.5 Å². The molecule has 0 saturated carbocycles. The van der Waals surface area contributed by atoms with E-state index in [4.69, 9.17) is 14.6 Å². The predicted octanol–water partition coefficient (Wildman–Crippen LogP) is 2.22. The number of carboxylic acid groups (broad SMARTS) is 1. The minimum Gasteiger partial charge on any atom is -0.553 e. The van der Waals surface area contributed by atoms with E-state index in [2.05, 4.69) is 11.7 Å². The third-order valence-electron chi connectivity index (χ3n) is 3.54. The molecule has 0 fully saturated rings. The summed E-state index contributed by atoms with van der Waals surface area (Å²) < 4.78 is 8.75. The van der Waals surface area contributed by atoms with Gasteiger partial charge in [-0.3, -0.25) is 4.79 Å². The van der Waals surface area contributed by atoms with Crippen molar-refractivity contribution in [3.63, 3.8) is 0 Å². The largest absolute Gasteiger partial charge is 0.553 e. The van der Waals surface area contributed by atoms with Crippen molar-refractivity contribution in [2.45, 2.75) is 71.4 Å². The van der Waals surface area contributed by atoms with Crippen molar-refractivity contribution in [3.05, 3.63) is 0 Å². The molecule has 0 aromatic rings. The van der Waals surface area contributed by atoms with Crippen LogP contribution in [-0.4, -0.2) is 47.2 Å². The number of methoxy groups -OCH3 is 1. The van der Waals surface area contributed by atoms with Gasteiger partial charge in [0, 0.05) is 26.9 Å². The van der Waals surface area contributed by atoms with Crippen LogP contribution in [0.3, 0.4) is 0 Å². The normalized spacial score (nSPS) is 13.3. The van der Waals surface area contributed by atoms with E-state index >= 15 is 0 Å². The number of carbonyl (C=O) groups is 2. The Morgan fingerprint density at radius 1 is 1.13 bits per heavy atom. The lowest BCUT2D eigenvalue weighted by molar-refractivity contribution is -1.27. The summed E-state index contributed by atoms with van der Waals surface area (Å²) in [6.07, 6.45) is 4.45. The number of nitrogens with zero attached hydrogens (tertiary/aromatic N) is 1. The van der Waals surface area contributed by atoms with E-state index in [0.717, 1.165) is 26.4 Å². The monoisotopic (exact) mass is 337 g/mol. The lowest BCUT2D eigenvalue weighted by Crippen LogP contribution is -2.58. The van der Waals surface area contributed by atoms with Crippen molar-refractivity contribution < 1.29 is 39.4 Å². The molecule has 1 atom stereocenters. The van der Waals surface area contributed by atoms with E-state index in [1.165, 1.54) is 26.8 Å². The van der Waals surface area contributed by atoms with Crippen LogP contribution in [0.2, 0.25) is 0 Å². The summed E-state index contributed by atoms with van der Waals surface area (Å²) in [7, 11) is 2.22. The Labute approximate surface area is 138 Å². The molecule has 0 aliphatic heterocycles. The van der Waals surface area contributed by atoms with Crippen LogP contribution in [-0.2, 0) is 14.3 Å². The quantitative estimate of drug-likeness (QED) is 0.218. The minimum absolute atomic E-state index is 0.331. The number of rotatable bonds is 9. The second kappa shape index (κ2) is 12.1. The van der Waals surface area contributed by atoms with Gasteiger partial charge >= 0.3 is 11.7 Å². The van der Waals surface area contributed by atoms with Crippen molar-refractivity contribution >= 4 is 12.1 Å². The molecule has 0 aliphatic rings. The first-order valence-electron chi connectivity index (χ1n) is 7.83. The van der Waals surface area contributed by atoms with Gasteiger partial charge in [0.25, 0.3) is 6.16 Å². The second-order valence-corrected chi connectivity index (χ2v) is 5.53. The van der Waals surface area contributed by atoms with Gasteiger partial charge in [0.2, 0.25) is 0 Å². The average molecular weight is 337 g/mol. The molecule has 8 nitrogen and oxygen atoms in total. The summed E-state index contributed by atoms with van der Waals surface area (Å²) in [5.41, 5.74) is -1.31. The van der Waals surface area contributed by atoms with Crippen molar-refractivity contribution in [2.75, 3.05) is 14.2 Å². The summed E-state index contributed by atoms with van der Waals surface area (Å²) in [4.78, 5) is 19.3. The minimum atomic E-state index is -1.50. The van der Waals surface area contributed by atoms with Gasteiger partial charge in [-0.25, -0.2) is 0 Å². The molecule has 138 valence electrons. The average Bonchev–Trinajstić information content (AvgIpc) is 2.46. The van der Waals surface area contributed by atoms with Gasteiger partial charge in [0.05, 0.1) is 0 Å². The zero-order valence-electron chi connectivity index (χ0n) is 14.8. The molecule has 0 radical (unpaired) electrons. The highest BCUT2D eigenvalue weighted by molar-refractivity contribution is 5.69. The molecule has 0 spiro atoms. The summed E-state index contributed by atoms with van der Waals surface area (Å²) in [5.74, 6) is -0.372. The molecule has 0 heterocycles. The maximum Gasteiger partial charge on any atom is 0.310 e. The Hall–Kier alpha value is -1.38. The Bertz CT molecular complexity index is 341. The van der Waals surface area contributed by atoms with Crippen LogP contribution < -0.4 is 5.11 Å². The van der Waals surface area contributed by atoms with E-state index in [9.17, 15) is 15.2 Å². The molecule has 0 rings (SSSR count). The van der Waals surface area contributed by atoms with Crippen LogP contribution in [0.25, 0.3) is 0 Å². The summed E-state index contributed by atoms with van der Waals surface area (Å²) in [5, 5.41) is 28.1. The van der Waals surface area contributed by atoms with Gasteiger partial charge < -0.3 is 19.4 Å². The second-order valence-electron chi connectivity index (χ2n) is 5.53. The molecular weight excluding hydrogens is 306 g/mol. The van der Waals surface area contributed by atoms with Gasteiger partial charge in [-0.2, -0.15) is 10.4 Å². The van der Waals surface area contributed by atoms with Crippen LogP contribution in [0.1, 0.15) is 65.7 Å². The number of quaternary nitrogens is 1. The van der Waals surface area contributed by atoms with Crippen molar-refractivity contribution in [2.24, 2.45) is 0 Å². The molecule has 0 aromatic carbocycles. The number of esters is 1. The highest BCUT2D eigenvalue weighted by Gasteiger charge is 2.46. The first-order valence-corrected chi connectivity index (χ1v) is 7.83. The van der Waals surface area contributed by atoms with Crippen LogP contribution >= 0.6 is 0 Å². The molecule has 0 aliphatic carbocycles. The first kappa shape index (κ1) is 23.9. The first-order chi connectivity index (χ1) is 10.5. The molecule has 0 aromatic heterocycles. The number of hydroxylamine groups is 4. The maximum absolute atomic E-state index is 11.6. The van der Waals surface area contributed by atoms with Crippen molar-refractivity contribution in [3.8, 4) is 0 Å². The van der Waals surface area contributed by atoms with Crippen LogP contribution in [0, 0.1) is 0 Å². The van der Waals surface area contributed by atoms with Gasteiger partial charge in [0.1, 0.15) is 7.05 Å². The smallest absolute Gasteiger partial charge is 0.310 e. The fourth-order valence-electron chi connectivity index (χ4n) is 1.63. The van der Waals surface area contributed by atoms with E-state index in [-0.39, 0.29) is 5.97 Å². The Balaban J connectivity index is 0. The van der Waals surface area contributed by atoms with Crippen LogP contribution in [0.15, 0.2) is 0 Å². The van der Waals surface area contributed by atoms with Gasteiger partial charge in [-0.15, -0.1) is 0 Å². The molecular formula is C15H31NO7. The molecule has 0 amide bonds. The van der Waals surface area contributed by atoms with E-state index < -0.39 is 16.7 Å². The molecule has 0 saturated heterocycles. The lowest BCUT2D eigenvalue weighted by atomic mass is 10.1. The molecule has 0 bridgehead atoms. The highest BCUT2D eigenvalue weighted by atomic mass is 16.9. The standard InChI is InChI=1S/C13H28NO4.C2H4O3/c1-5-7-8-9-10-11-12(15)18-13(3,6-2)14(4,16)17;1-5-2(3)4/h16-17H,5-11H2,1-4H3;1H3,(H,3,4)/q+1;/p-1. The topological polar surface area (TPSA) is 116 Å². The zero-order valence-corrected chi connectivity index (χ0v) is 14.8. The number of carbonyl (C=O) groups excluding carboxylic acids is 2. The van der Waals surface area contributed by atoms with E-state index in [1.54, 1.807) is 6.92 Å². The Kier molecular flexibility index (Phi) is 12.6. The van der Waals surface area contributed by atoms with Crippen molar-refractivity contribution in [1.82, 2.24) is 0 Å². The van der Waals surface area contributed by atoms with Gasteiger partial charge in [0.15, 0.2) is 0 Å². The van der Waals surface area contributed by atoms with E-state index in [0.29, 0.717) is 12.8 Å². The maximum atomic E-state index is 11.6.